The monoisotopic (exact) mass is 319 g/mol. The van der Waals surface area contributed by atoms with E-state index in [2.05, 4.69) is 9.71 Å². The van der Waals surface area contributed by atoms with Crippen molar-refractivity contribution in [2.24, 2.45) is 0 Å². The quantitative estimate of drug-likeness (QED) is 0.841. The van der Waals surface area contributed by atoms with Crippen LogP contribution in [0.25, 0.3) is 0 Å². The standard InChI is InChI=1S/C11H11F2N3O2S2/c1-6-16-8(5-19-6)4-15-20(17,18)10-3-7(14)2-9(12)11(10)13/h2-3,5,15H,4,14H2,1H3. The molecule has 2 aromatic rings. The first-order valence-corrected chi connectivity index (χ1v) is 7.81. The second-order valence-electron chi connectivity index (χ2n) is 4.00. The summed E-state index contributed by atoms with van der Waals surface area (Å²) in [5.74, 6) is -2.77. The van der Waals surface area contributed by atoms with E-state index >= 15 is 0 Å². The van der Waals surface area contributed by atoms with E-state index < -0.39 is 26.6 Å². The molecule has 0 aliphatic rings. The van der Waals surface area contributed by atoms with Crippen molar-refractivity contribution < 1.29 is 17.2 Å². The lowest BCUT2D eigenvalue weighted by molar-refractivity contribution is 0.483. The molecule has 0 saturated heterocycles. The maximum Gasteiger partial charge on any atom is 0.244 e. The second kappa shape index (κ2) is 5.43. The maximum absolute atomic E-state index is 13.5. The van der Waals surface area contributed by atoms with Crippen LogP contribution < -0.4 is 10.5 Å². The highest BCUT2D eigenvalue weighted by Crippen LogP contribution is 2.21. The summed E-state index contributed by atoms with van der Waals surface area (Å²) in [7, 11) is -4.21. The molecule has 0 radical (unpaired) electrons. The molecule has 108 valence electrons. The number of rotatable bonds is 4. The van der Waals surface area contributed by atoms with Gasteiger partial charge in [0.2, 0.25) is 10.0 Å². The predicted octanol–water partition coefficient (Wildman–Crippen LogP) is 1.79. The number of nitrogen functional groups attached to an aromatic ring is 1. The van der Waals surface area contributed by atoms with Crippen molar-refractivity contribution in [2.75, 3.05) is 5.73 Å². The van der Waals surface area contributed by atoms with E-state index in [9.17, 15) is 17.2 Å². The van der Waals surface area contributed by atoms with Gasteiger partial charge in [0.25, 0.3) is 0 Å². The lowest BCUT2D eigenvalue weighted by atomic mass is 10.3. The van der Waals surface area contributed by atoms with Crippen LogP contribution >= 0.6 is 11.3 Å². The zero-order chi connectivity index (χ0) is 14.9. The Hall–Kier alpha value is -1.58. The molecule has 0 fully saturated rings. The number of sulfonamides is 1. The van der Waals surface area contributed by atoms with Gasteiger partial charge in [-0.2, -0.15) is 0 Å². The molecule has 0 aliphatic carbocycles. The van der Waals surface area contributed by atoms with Gasteiger partial charge >= 0.3 is 0 Å². The minimum atomic E-state index is -4.21. The Bertz CT molecular complexity index is 744. The molecule has 1 heterocycles. The normalized spacial score (nSPS) is 11.8. The Morgan fingerprint density at radius 3 is 2.70 bits per heavy atom. The smallest absolute Gasteiger partial charge is 0.244 e. The minimum Gasteiger partial charge on any atom is -0.399 e. The van der Waals surface area contributed by atoms with Crippen molar-refractivity contribution in [2.45, 2.75) is 18.4 Å². The van der Waals surface area contributed by atoms with Crippen molar-refractivity contribution in [1.29, 1.82) is 0 Å². The summed E-state index contributed by atoms with van der Waals surface area (Å²) in [4.78, 5) is 3.25. The van der Waals surface area contributed by atoms with Gasteiger partial charge < -0.3 is 5.73 Å². The number of hydrogen-bond donors (Lipinski definition) is 2. The van der Waals surface area contributed by atoms with Gasteiger partial charge in [-0.05, 0) is 19.1 Å². The Morgan fingerprint density at radius 2 is 2.10 bits per heavy atom. The summed E-state index contributed by atoms with van der Waals surface area (Å²) in [6.07, 6.45) is 0. The number of aryl methyl sites for hydroxylation is 1. The predicted molar refractivity (Wildman–Crippen MR) is 71.6 cm³/mol. The molecule has 0 unspecified atom stereocenters. The molecule has 0 atom stereocenters. The van der Waals surface area contributed by atoms with E-state index in [1.165, 1.54) is 11.3 Å². The number of benzene rings is 1. The molecule has 0 spiro atoms. The summed E-state index contributed by atoms with van der Waals surface area (Å²) < 4.78 is 52.8. The first-order valence-electron chi connectivity index (χ1n) is 5.45. The number of halogens is 2. The summed E-state index contributed by atoms with van der Waals surface area (Å²) >= 11 is 1.36. The van der Waals surface area contributed by atoms with Crippen molar-refractivity contribution in [1.82, 2.24) is 9.71 Å². The van der Waals surface area contributed by atoms with E-state index in [-0.39, 0.29) is 12.2 Å². The van der Waals surface area contributed by atoms with Gasteiger partial charge in [0, 0.05) is 11.1 Å². The van der Waals surface area contributed by atoms with Crippen LogP contribution in [0.4, 0.5) is 14.5 Å². The molecular formula is C11H11F2N3O2S2. The third-order valence-corrected chi connectivity index (χ3v) is 4.64. The molecule has 2 rings (SSSR count). The molecule has 20 heavy (non-hydrogen) atoms. The van der Waals surface area contributed by atoms with Crippen LogP contribution in [0.2, 0.25) is 0 Å². The summed E-state index contributed by atoms with van der Waals surface area (Å²) in [6, 6.07) is 1.59. The van der Waals surface area contributed by atoms with Gasteiger partial charge in [-0.3, -0.25) is 0 Å². The number of hydrogen-bond acceptors (Lipinski definition) is 5. The fourth-order valence-electron chi connectivity index (χ4n) is 1.52. The fraction of sp³-hybridized carbons (Fsp3) is 0.182. The number of nitrogens with two attached hydrogens (primary N) is 1. The van der Waals surface area contributed by atoms with Crippen LogP contribution in [0.5, 0.6) is 0 Å². The second-order valence-corrected chi connectivity index (χ2v) is 6.79. The molecule has 3 N–H and O–H groups in total. The fourth-order valence-corrected chi connectivity index (χ4v) is 3.25. The van der Waals surface area contributed by atoms with Crippen LogP contribution in [0.15, 0.2) is 22.4 Å². The third kappa shape index (κ3) is 3.11. The van der Waals surface area contributed by atoms with Crippen molar-refractivity contribution in [3.8, 4) is 0 Å². The van der Waals surface area contributed by atoms with Crippen molar-refractivity contribution >= 4 is 27.0 Å². The van der Waals surface area contributed by atoms with Gasteiger partial charge in [-0.15, -0.1) is 11.3 Å². The van der Waals surface area contributed by atoms with Crippen LogP contribution in [0, 0.1) is 18.6 Å². The number of nitrogens with zero attached hydrogens (tertiary/aromatic N) is 1. The van der Waals surface area contributed by atoms with Crippen LogP contribution in [0.1, 0.15) is 10.7 Å². The Balaban J connectivity index is 2.27. The molecule has 0 bridgehead atoms. The number of aromatic nitrogens is 1. The highest BCUT2D eigenvalue weighted by atomic mass is 32.2. The molecule has 5 nitrogen and oxygen atoms in total. The SMILES string of the molecule is Cc1nc(CNS(=O)(=O)c2cc(N)cc(F)c2F)cs1. The zero-order valence-electron chi connectivity index (χ0n) is 10.4. The average Bonchev–Trinajstić information content (AvgIpc) is 2.77. The van der Waals surface area contributed by atoms with Crippen molar-refractivity contribution in [3.05, 3.63) is 39.8 Å². The first kappa shape index (κ1) is 14.8. The third-order valence-electron chi connectivity index (χ3n) is 2.42. The topological polar surface area (TPSA) is 85.1 Å². The summed E-state index contributed by atoms with van der Waals surface area (Å²) in [5, 5.41) is 2.45. The molecule has 0 amide bonds. The largest absolute Gasteiger partial charge is 0.399 e. The van der Waals surface area contributed by atoms with Gasteiger partial charge in [0.1, 0.15) is 4.90 Å². The van der Waals surface area contributed by atoms with Gasteiger partial charge in [0.05, 0.1) is 17.2 Å². The lowest BCUT2D eigenvalue weighted by Crippen LogP contribution is -2.25. The van der Waals surface area contributed by atoms with Crippen LogP contribution in [-0.2, 0) is 16.6 Å². The van der Waals surface area contributed by atoms with Crippen LogP contribution in [-0.4, -0.2) is 13.4 Å². The molecule has 0 saturated carbocycles. The minimum absolute atomic E-state index is 0.109. The molecule has 1 aromatic carbocycles. The first-order chi connectivity index (χ1) is 9.29. The number of nitrogens with one attached hydrogen (secondary N) is 1. The van der Waals surface area contributed by atoms with Crippen molar-refractivity contribution in [3.63, 3.8) is 0 Å². The maximum atomic E-state index is 13.5. The summed E-state index contributed by atoms with van der Waals surface area (Å²) in [6.45, 7) is 1.66. The van der Waals surface area contributed by atoms with Gasteiger partial charge in [-0.1, -0.05) is 0 Å². The highest BCUT2D eigenvalue weighted by molar-refractivity contribution is 7.89. The molecule has 9 heteroatoms. The van der Waals surface area contributed by atoms with E-state index in [0.29, 0.717) is 5.69 Å². The molecule has 1 aromatic heterocycles. The van der Waals surface area contributed by atoms with Gasteiger partial charge in [0.15, 0.2) is 11.6 Å². The lowest BCUT2D eigenvalue weighted by Gasteiger charge is -2.08. The summed E-state index contributed by atoms with van der Waals surface area (Å²) in [5.41, 5.74) is 5.65. The molecular weight excluding hydrogens is 308 g/mol. The average molecular weight is 319 g/mol. The van der Waals surface area contributed by atoms with E-state index in [4.69, 9.17) is 5.73 Å². The van der Waals surface area contributed by atoms with E-state index in [1.54, 1.807) is 12.3 Å². The zero-order valence-corrected chi connectivity index (χ0v) is 12.0. The highest BCUT2D eigenvalue weighted by Gasteiger charge is 2.22. The Kier molecular flexibility index (Phi) is 4.02. The molecule has 0 aliphatic heterocycles. The van der Waals surface area contributed by atoms with Gasteiger partial charge in [-0.25, -0.2) is 26.9 Å². The number of thiazole rings is 1. The Labute approximate surface area is 118 Å². The number of anilines is 1. The van der Waals surface area contributed by atoms with E-state index in [1.807, 2.05) is 0 Å². The Morgan fingerprint density at radius 1 is 1.40 bits per heavy atom. The van der Waals surface area contributed by atoms with E-state index in [0.717, 1.165) is 17.1 Å². The van der Waals surface area contributed by atoms with Crippen LogP contribution in [0.3, 0.4) is 0 Å².